The summed E-state index contributed by atoms with van der Waals surface area (Å²) in [4.78, 5) is 8.12. The van der Waals surface area contributed by atoms with Crippen LogP contribution < -0.4 is 5.32 Å². The molecule has 5 heteroatoms. The minimum Gasteiger partial charge on any atom is -0.316 e. The van der Waals surface area contributed by atoms with Gasteiger partial charge in [-0.05, 0) is 12.1 Å². The third-order valence-corrected chi connectivity index (χ3v) is 2.24. The Morgan fingerprint density at radius 1 is 1.36 bits per heavy atom. The first-order chi connectivity index (χ1) is 6.88. The molecule has 0 aromatic carbocycles. The number of pyridine rings is 1. The molecule has 2 aromatic rings. The number of hydrogen-bond donors (Lipinski definition) is 1. The third kappa shape index (κ3) is 1.87. The molecule has 0 aliphatic heterocycles. The predicted octanol–water partition coefficient (Wildman–Crippen LogP) is 2.15. The lowest BCUT2D eigenvalue weighted by Gasteiger charge is -2.00. The lowest BCUT2D eigenvalue weighted by Crippen LogP contribution is -1.92. The fraction of sp³-hybridized carbons (Fsp3) is 0. The number of thiazole rings is 1. The molecular weight excluding hydrogens is 196 g/mol. The lowest BCUT2D eigenvalue weighted by molar-refractivity contribution is 1.28. The quantitative estimate of drug-likeness (QED) is 0.810. The van der Waals surface area contributed by atoms with Crippen molar-refractivity contribution in [2.24, 2.45) is 0 Å². The molecule has 0 amide bonds. The van der Waals surface area contributed by atoms with E-state index in [-0.39, 0.29) is 0 Å². The van der Waals surface area contributed by atoms with Gasteiger partial charge < -0.3 is 5.32 Å². The molecule has 0 saturated heterocycles. The molecule has 0 fully saturated rings. The van der Waals surface area contributed by atoms with E-state index in [9.17, 15) is 0 Å². The fourth-order valence-corrected chi connectivity index (χ4v) is 1.50. The van der Waals surface area contributed by atoms with Crippen molar-refractivity contribution in [3.05, 3.63) is 35.5 Å². The molecule has 0 unspecified atom stereocenters. The Bertz CT molecular complexity index is 458. The standard InChI is InChI=1S/C9H6N4S/c10-6-7-1-2-11-8(5-7)13-9-12-3-4-14-9/h1-5H,(H,11,12,13). The van der Waals surface area contributed by atoms with Gasteiger partial charge in [0, 0.05) is 17.8 Å². The summed E-state index contributed by atoms with van der Waals surface area (Å²) >= 11 is 1.49. The maximum atomic E-state index is 8.67. The SMILES string of the molecule is N#Cc1ccnc(Nc2nccs2)c1. The zero-order valence-corrected chi connectivity index (χ0v) is 7.95. The Labute approximate surface area is 84.9 Å². The van der Waals surface area contributed by atoms with Crippen molar-refractivity contribution in [2.45, 2.75) is 0 Å². The summed E-state index contributed by atoms with van der Waals surface area (Å²) in [5, 5.41) is 14.3. The number of nitriles is 1. The van der Waals surface area contributed by atoms with Gasteiger partial charge in [-0.25, -0.2) is 9.97 Å². The maximum absolute atomic E-state index is 8.67. The summed E-state index contributed by atoms with van der Waals surface area (Å²) in [7, 11) is 0. The van der Waals surface area contributed by atoms with E-state index in [2.05, 4.69) is 15.3 Å². The molecule has 0 saturated carbocycles. The zero-order valence-electron chi connectivity index (χ0n) is 7.14. The summed E-state index contributed by atoms with van der Waals surface area (Å²) in [5.41, 5.74) is 0.582. The Morgan fingerprint density at radius 2 is 2.29 bits per heavy atom. The van der Waals surface area contributed by atoms with Gasteiger partial charge in [-0.15, -0.1) is 11.3 Å². The van der Waals surface area contributed by atoms with Crippen molar-refractivity contribution in [3.8, 4) is 6.07 Å². The molecule has 68 valence electrons. The molecule has 1 N–H and O–H groups in total. The van der Waals surface area contributed by atoms with Crippen LogP contribution in [0.5, 0.6) is 0 Å². The molecular formula is C9H6N4S. The van der Waals surface area contributed by atoms with Crippen LogP contribution in [-0.4, -0.2) is 9.97 Å². The Balaban J connectivity index is 2.22. The molecule has 0 bridgehead atoms. The molecule has 0 radical (unpaired) electrons. The van der Waals surface area contributed by atoms with Crippen molar-refractivity contribution in [1.82, 2.24) is 9.97 Å². The van der Waals surface area contributed by atoms with Crippen LogP contribution in [0.3, 0.4) is 0 Å². The highest BCUT2D eigenvalue weighted by molar-refractivity contribution is 7.13. The zero-order chi connectivity index (χ0) is 9.80. The first-order valence-electron chi connectivity index (χ1n) is 3.91. The van der Waals surface area contributed by atoms with E-state index in [4.69, 9.17) is 5.26 Å². The Morgan fingerprint density at radius 3 is 3.00 bits per heavy atom. The van der Waals surface area contributed by atoms with E-state index in [1.807, 2.05) is 11.4 Å². The highest BCUT2D eigenvalue weighted by Gasteiger charge is 1.98. The largest absolute Gasteiger partial charge is 0.316 e. The summed E-state index contributed by atoms with van der Waals surface area (Å²) in [6, 6.07) is 5.39. The highest BCUT2D eigenvalue weighted by Crippen LogP contribution is 2.16. The normalized spacial score (nSPS) is 9.36. The van der Waals surface area contributed by atoms with Gasteiger partial charge in [0.1, 0.15) is 5.82 Å². The molecule has 0 spiro atoms. The van der Waals surface area contributed by atoms with Crippen LogP contribution in [0.4, 0.5) is 10.9 Å². The van der Waals surface area contributed by atoms with Gasteiger partial charge in [-0.3, -0.25) is 0 Å². The van der Waals surface area contributed by atoms with Crippen LogP contribution in [0.25, 0.3) is 0 Å². The molecule has 0 aliphatic rings. The van der Waals surface area contributed by atoms with Gasteiger partial charge in [-0.1, -0.05) is 0 Å². The van der Waals surface area contributed by atoms with E-state index in [0.29, 0.717) is 11.4 Å². The van der Waals surface area contributed by atoms with E-state index < -0.39 is 0 Å². The summed E-state index contributed by atoms with van der Waals surface area (Å²) in [6.45, 7) is 0. The summed E-state index contributed by atoms with van der Waals surface area (Å²) in [5.74, 6) is 0.638. The van der Waals surface area contributed by atoms with Gasteiger partial charge in [0.05, 0.1) is 11.6 Å². The average molecular weight is 202 g/mol. The second kappa shape index (κ2) is 3.85. The summed E-state index contributed by atoms with van der Waals surface area (Å²) < 4.78 is 0. The maximum Gasteiger partial charge on any atom is 0.188 e. The third-order valence-electron chi connectivity index (χ3n) is 1.56. The van der Waals surface area contributed by atoms with Crippen LogP contribution in [-0.2, 0) is 0 Å². The monoisotopic (exact) mass is 202 g/mol. The predicted molar refractivity (Wildman–Crippen MR) is 54.3 cm³/mol. The molecule has 14 heavy (non-hydrogen) atoms. The minimum atomic E-state index is 0.582. The van der Waals surface area contributed by atoms with Gasteiger partial charge in [0.25, 0.3) is 0 Å². The number of anilines is 2. The van der Waals surface area contributed by atoms with Crippen LogP contribution >= 0.6 is 11.3 Å². The first-order valence-corrected chi connectivity index (χ1v) is 4.79. The number of nitrogens with one attached hydrogen (secondary N) is 1. The Kier molecular flexibility index (Phi) is 2.38. The molecule has 2 rings (SSSR count). The van der Waals surface area contributed by atoms with Gasteiger partial charge in [0.2, 0.25) is 0 Å². The number of hydrogen-bond acceptors (Lipinski definition) is 5. The summed E-state index contributed by atoms with van der Waals surface area (Å²) in [6.07, 6.45) is 3.30. The molecule has 2 heterocycles. The molecule has 4 nitrogen and oxygen atoms in total. The van der Waals surface area contributed by atoms with Crippen LogP contribution in [0.15, 0.2) is 29.9 Å². The second-order valence-corrected chi connectivity index (χ2v) is 3.40. The van der Waals surface area contributed by atoms with E-state index in [1.54, 1.807) is 24.5 Å². The van der Waals surface area contributed by atoms with Gasteiger partial charge in [-0.2, -0.15) is 5.26 Å². The smallest absolute Gasteiger partial charge is 0.188 e. The molecule has 0 aliphatic carbocycles. The topological polar surface area (TPSA) is 61.6 Å². The number of rotatable bonds is 2. The van der Waals surface area contributed by atoms with Crippen molar-refractivity contribution in [1.29, 1.82) is 5.26 Å². The fourth-order valence-electron chi connectivity index (χ4n) is 0.963. The number of aromatic nitrogens is 2. The van der Waals surface area contributed by atoms with Crippen LogP contribution in [0.2, 0.25) is 0 Å². The van der Waals surface area contributed by atoms with Crippen LogP contribution in [0, 0.1) is 11.3 Å². The minimum absolute atomic E-state index is 0.582. The van der Waals surface area contributed by atoms with Crippen molar-refractivity contribution in [3.63, 3.8) is 0 Å². The van der Waals surface area contributed by atoms with Crippen molar-refractivity contribution in [2.75, 3.05) is 5.32 Å². The average Bonchev–Trinajstić information content (AvgIpc) is 2.71. The first kappa shape index (κ1) is 8.66. The second-order valence-electron chi connectivity index (χ2n) is 2.50. The highest BCUT2D eigenvalue weighted by atomic mass is 32.1. The van der Waals surface area contributed by atoms with E-state index >= 15 is 0 Å². The number of nitrogens with zero attached hydrogens (tertiary/aromatic N) is 3. The molecule has 2 aromatic heterocycles. The van der Waals surface area contributed by atoms with Crippen LogP contribution in [0.1, 0.15) is 5.56 Å². The van der Waals surface area contributed by atoms with E-state index in [0.717, 1.165) is 5.13 Å². The van der Waals surface area contributed by atoms with Crippen molar-refractivity contribution < 1.29 is 0 Å². The van der Waals surface area contributed by atoms with Gasteiger partial charge in [0.15, 0.2) is 5.13 Å². The Hall–Kier alpha value is -1.93. The van der Waals surface area contributed by atoms with E-state index in [1.165, 1.54) is 11.3 Å². The molecule has 0 atom stereocenters. The van der Waals surface area contributed by atoms with Crippen molar-refractivity contribution >= 4 is 22.3 Å². The van der Waals surface area contributed by atoms with Gasteiger partial charge >= 0.3 is 0 Å². The lowest BCUT2D eigenvalue weighted by atomic mass is 10.3.